The summed E-state index contributed by atoms with van der Waals surface area (Å²) in [7, 11) is 0. The normalized spacial score (nSPS) is 18.2. The van der Waals surface area contributed by atoms with Gasteiger partial charge >= 0.3 is 0 Å². The summed E-state index contributed by atoms with van der Waals surface area (Å²) in [5, 5.41) is 3.29. The summed E-state index contributed by atoms with van der Waals surface area (Å²) in [5.41, 5.74) is 10.1. The molecule has 0 heterocycles. The number of allylic oxidation sites excluding steroid dienone is 5. The Balaban J connectivity index is 2.24. The van der Waals surface area contributed by atoms with E-state index in [9.17, 15) is 0 Å². The molecule has 1 aromatic carbocycles. The van der Waals surface area contributed by atoms with E-state index in [0.717, 1.165) is 12.2 Å². The average molecular weight is 324 g/mol. The van der Waals surface area contributed by atoms with E-state index < -0.39 is 0 Å². The molecule has 1 aromatic rings. The van der Waals surface area contributed by atoms with Gasteiger partial charge in [0.05, 0.1) is 0 Å². The van der Waals surface area contributed by atoms with E-state index in [0.29, 0.717) is 5.41 Å². The minimum atomic E-state index is 0.425. The van der Waals surface area contributed by atoms with Crippen LogP contribution in [0.5, 0.6) is 0 Å². The lowest BCUT2D eigenvalue weighted by Gasteiger charge is -2.33. The zero-order valence-electron chi connectivity index (χ0n) is 16.3. The van der Waals surface area contributed by atoms with Crippen molar-refractivity contribution in [2.45, 2.75) is 67.3 Å². The Morgan fingerprint density at radius 2 is 1.71 bits per heavy atom. The standard InChI is InChI=1S/C23H33N/c1-16(2)24-15-20-8-10-21(11-9-20)18(4)19(5)22-14-23(6,7)13-12-17(22)3/h8-11,24H,1,12-15H2,2-7H3/b19-18+. The first-order chi connectivity index (χ1) is 11.2. The molecule has 0 unspecified atom stereocenters. The molecule has 0 fully saturated rings. The number of nitrogens with one attached hydrogen (secondary N) is 1. The first kappa shape index (κ1) is 18.6. The maximum absolute atomic E-state index is 3.89. The third-order valence-electron chi connectivity index (χ3n) is 5.34. The van der Waals surface area contributed by atoms with Gasteiger partial charge in [0.2, 0.25) is 0 Å². The van der Waals surface area contributed by atoms with Gasteiger partial charge in [-0.15, -0.1) is 0 Å². The van der Waals surface area contributed by atoms with Gasteiger partial charge in [-0.05, 0) is 80.2 Å². The van der Waals surface area contributed by atoms with E-state index in [1.807, 2.05) is 6.92 Å². The highest BCUT2D eigenvalue weighted by molar-refractivity contribution is 5.71. The average Bonchev–Trinajstić information content (AvgIpc) is 2.54. The molecule has 0 aliphatic heterocycles. The van der Waals surface area contributed by atoms with Gasteiger partial charge < -0.3 is 5.32 Å². The van der Waals surface area contributed by atoms with Crippen molar-refractivity contribution < 1.29 is 0 Å². The van der Waals surface area contributed by atoms with Gasteiger partial charge in [0.1, 0.15) is 0 Å². The fourth-order valence-electron chi connectivity index (χ4n) is 3.42. The van der Waals surface area contributed by atoms with Gasteiger partial charge in [0.25, 0.3) is 0 Å². The largest absolute Gasteiger partial charge is 0.385 e. The first-order valence-electron chi connectivity index (χ1n) is 9.05. The molecule has 130 valence electrons. The molecule has 0 aromatic heterocycles. The molecule has 24 heavy (non-hydrogen) atoms. The number of hydrogen-bond donors (Lipinski definition) is 1. The maximum Gasteiger partial charge on any atom is 0.0397 e. The second kappa shape index (κ2) is 7.42. The van der Waals surface area contributed by atoms with E-state index in [1.165, 1.54) is 41.5 Å². The molecule has 2 rings (SSSR count). The van der Waals surface area contributed by atoms with Crippen molar-refractivity contribution in [3.05, 3.63) is 64.4 Å². The quantitative estimate of drug-likeness (QED) is 0.641. The van der Waals surface area contributed by atoms with E-state index in [4.69, 9.17) is 0 Å². The molecular formula is C23H33N. The third kappa shape index (κ3) is 4.63. The highest BCUT2D eigenvalue weighted by Crippen LogP contribution is 2.42. The predicted molar refractivity (Wildman–Crippen MR) is 107 cm³/mol. The van der Waals surface area contributed by atoms with Crippen molar-refractivity contribution in [2.24, 2.45) is 5.41 Å². The highest BCUT2D eigenvalue weighted by atomic mass is 14.9. The predicted octanol–water partition coefficient (Wildman–Crippen LogP) is 6.63. The first-order valence-corrected chi connectivity index (χ1v) is 9.05. The monoisotopic (exact) mass is 323 g/mol. The van der Waals surface area contributed by atoms with Crippen LogP contribution in [0.15, 0.2) is 53.3 Å². The number of rotatable bonds is 5. The van der Waals surface area contributed by atoms with Gasteiger partial charge in [0, 0.05) is 12.2 Å². The van der Waals surface area contributed by atoms with Crippen molar-refractivity contribution in [2.75, 3.05) is 0 Å². The minimum absolute atomic E-state index is 0.425. The van der Waals surface area contributed by atoms with Crippen LogP contribution in [0.25, 0.3) is 5.57 Å². The van der Waals surface area contributed by atoms with Crippen molar-refractivity contribution in [1.82, 2.24) is 5.32 Å². The van der Waals surface area contributed by atoms with Gasteiger partial charge in [0.15, 0.2) is 0 Å². The zero-order valence-corrected chi connectivity index (χ0v) is 16.3. The van der Waals surface area contributed by atoms with E-state index in [-0.39, 0.29) is 0 Å². The summed E-state index contributed by atoms with van der Waals surface area (Å²) in [6, 6.07) is 8.93. The molecule has 1 aliphatic carbocycles. The Kier molecular flexibility index (Phi) is 5.74. The second-order valence-corrected chi connectivity index (χ2v) is 8.18. The molecule has 0 spiro atoms. The molecule has 0 amide bonds. The molecule has 1 aliphatic rings. The van der Waals surface area contributed by atoms with Gasteiger partial charge in [-0.25, -0.2) is 0 Å². The van der Waals surface area contributed by atoms with E-state index >= 15 is 0 Å². The summed E-state index contributed by atoms with van der Waals surface area (Å²) >= 11 is 0. The minimum Gasteiger partial charge on any atom is -0.385 e. The Morgan fingerprint density at radius 1 is 1.08 bits per heavy atom. The van der Waals surface area contributed by atoms with Crippen molar-refractivity contribution >= 4 is 5.57 Å². The van der Waals surface area contributed by atoms with E-state index in [2.05, 4.69) is 70.8 Å². The van der Waals surface area contributed by atoms with E-state index in [1.54, 1.807) is 11.1 Å². The Bertz CT molecular complexity index is 668. The second-order valence-electron chi connectivity index (χ2n) is 8.18. The van der Waals surface area contributed by atoms with Crippen LogP contribution in [0.2, 0.25) is 0 Å². The molecule has 0 radical (unpaired) electrons. The topological polar surface area (TPSA) is 12.0 Å². The molecule has 1 nitrogen and oxygen atoms in total. The lowest BCUT2D eigenvalue weighted by molar-refractivity contribution is 0.316. The number of hydrogen-bond acceptors (Lipinski definition) is 1. The van der Waals surface area contributed by atoms with Gasteiger partial charge in [-0.2, -0.15) is 0 Å². The Morgan fingerprint density at radius 3 is 2.29 bits per heavy atom. The Hall–Kier alpha value is -1.76. The highest BCUT2D eigenvalue weighted by Gasteiger charge is 2.26. The Labute approximate surface area is 148 Å². The zero-order chi connectivity index (χ0) is 17.9. The summed E-state index contributed by atoms with van der Waals surface area (Å²) in [6.07, 6.45) is 3.74. The summed E-state index contributed by atoms with van der Waals surface area (Å²) in [4.78, 5) is 0. The number of benzene rings is 1. The molecule has 0 atom stereocenters. The molecule has 1 heteroatoms. The van der Waals surface area contributed by atoms with Crippen LogP contribution < -0.4 is 5.32 Å². The fourth-order valence-corrected chi connectivity index (χ4v) is 3.42. The lowest BCUT2D eigenvalue weighted by Crippen LogP contribution is -2.18. The summed E-state index contributed by atoms with van der Waals surface area (Å²) in [5.74, 6) is 0. The summed E-state index contributed by atoms with van der Waals surface area (Å²) in [6.45, 7) is 18.4. The van der Waals surface area contributed by atoms with Crippen LogP contribution in [0.4, 0.5) is 0 Å². The van der Waals surface area contributed by atoms with Crippen LogP contribution in [0, 0.1) is 5.41 Å². The molecule has 0 saturated heterocycles. The molecule has 0 saturated carbocycles. The van der Waals surface area contributed by atoms with Gasteiger partial charge in [-0.3, -0.25) is 0 Å². The van der Waals surface area contributed by atoms with Crippen LogP contribution in [0.3, 0.4) is 0 Å². The molecule has 1 N–H and O–H groups in total. The van der Waals surface area contributed by atoms with Crippen molar-refractivity contribution in [1.29, 1.82) is 0 Å². The summed E-state index contributed by atoms with van der Waals surface area (Å²) < 4.78 is 0. The van der Waals surface area contributed by atoms with Crippen LogP contribution >= 0.6 is 0 Å². The third-order valence-corrected chi connectivity index (χ3v) is 5.34. The fraction of sp³-hybridized carbons (Fsp3) is 0.478. The lowest BCUT2D eigenvalue weighted by atomic mass is 9.72. The van der Waals surface area contributed by atoms with Crippen LogP contribution in [0.1, 0.15) is 71.9 Å². The SMILES string of the molecule is C=C(C)NCc1ccc(/C(C)=C(\C)C2=C(C)CCC(C)(C)C2)cc1. The molecular weight excluding hydrogens is 290 g/mol. The smallest absolute Gasteiger partial charge is 0.0397 e. The van der Waals surface area contributed by atoms with Crippen molar-refractivity contribution in [3.8, 4) is 0 Å². The van der Waals surface area contributed by atoms with Crippen molar-refractivity contribution in [3.63, 3.8) is 0 Å². The van der Waals surface area contributed by atoms with Gasteiger partial charge in [-0.1, -0.05) is 50.3 Å². The van der Waals surface area contributed by atoms with Crippen LogP contribution in [-0.4, -0.2) is 0 Å². The molecule has 0 bridgehead atoms. The van der Waals surface area contributed by atoms with Crippen LogP contribution in [-0.2, 0) is 6.54 Å². The maximum atomic E-state index is 3.89.